The Morgan fingerprint density at radius 1 is 1.24 bits per heavy atom. The first-order valence-corrected chi connectivity index (χ1v) is 8.14. The summed E-state index contributed by atoms with van der Waals surface area (Å²) in [5, 5.41) is 1.04. The Morgan fingerprint density at radius 2 is 1.86 bits per heavy atom. The molecule has 0 aliphatic carbocycles. The van der Waals surface area contributed by atoms with Crippen molar-refractivity contribution >= 4 is 16.5 Å². The third kappa shape index (κ3) is 3.44. The van der Waals surface area contributed by atoms with E-state index < -0.39 is 0 Å². The second kappa shape index (κ2) is 6.16. The Labute approximate surface area is 131 Å². The number of nitrogens with zero attached hydrogens (tertiary/aromatic N) is 2. The van der Waals surface area contributed by atoms with E-state index >= 15 is 0 Å². The van der Waals surface area contributed by atoms with Crippen LogP contribution in [0, 0.1) is 5.41 Å². The molecule has 4 heteroatoms. The van der Waals surface area contributed by atoms with Crippen molar-refractivity contribution in [2.24, 2.45) is 11.1 Å². The second-order valence-corrected chi connectivity index (χ2v) is 7.55. The molecule has 1 heterocycles. The summed E-state index contributed by atoms with van der Waals surface area (Å²) in [6.07, 6.45) is 0. The van der Waals surface area contributed by atoms with Crippen molar-refractivity contribution in [1.82, 2.24) is 4.98 Å². The third-order valence-electron chi connectivity index (χ3n) is 4.05. The summed E-state index contributed by atoms with van der Waals surface area (Å²) in [4.78, 5) is 8.25. The molecule has 0 saturated heterocycles. The lowest BCUT2D eigenvalue weighted by Crippen LogP contribution is -2.39. The number of hydrogen-bond acceptors (Lipinski definition) is 4. The number of anilines is 1. The van der Waals surface area contributed by atoms with Gasteiger partial charge in [0.2, 0.25) is 0 Å². The summed E-state index contributed by atoms with van der Waals surface area (Å²) in [5.74, 6) is 0. The molecular formula is C17H25N3S. The van der Waals surface area contributed by atoms with Gasteiger partial charge in [0.25, 0.3) is 0 Å². The Hall–Kier alpha value is -1.39. The SMILES string of the molecule is CC(N(C)c1nc(-c2ccccc2)c(CN)s1)C(C)(C)C. The molecule has 114 valence electrons. The fourth-order valence-electron chi connectivity index (χ4n) is 2.20. The van der Waals surface area contributed by atoms with Crippen LogP contribution in [0.5, 0.6) is 0 Å². The van der Waals surface area contributed by atoms with E-state index in [1.54, 1.807) is 11.3 Å². The smallest absolute Gasteiger partial charge is 0.186 e. The lowest BCUT2D eigenvalue weighted by atomic mass is 9.87. The number of aromatic nitrogens is 1. The van der Waals surface area contributed by atoms with Gasteiger partial charge in [-0.3, -0.25) is 0 Å². The van der Waals surface area contributed by atoms with Crippen molar-refractivity contribution < 1.29 is 0 Å². The molecule has 2 rings (SSSR count). The predicted molar refractivity (Wildman–Crippen MR) is 92.8 cm³/mol. The maximum absolute atomic E-state index is 5.92. The van der Waals surface area contributed by atoms with Gasteiger partial charge in [0.05, 0.1) is 5.69 Å². The molecule has 0 radical (unpaired) electrons. The highest BCUT2D eigenvalue weighted by Crippen LogP contribution is 2.35. The van der Waals surface area contributed by atoms with Gasteiger partial charge in [-0.05, 0) is 12.3 Å². The topological polar surface area (TPSA) is 42.2 Å². The predicted octanol–water partition coefficient (Wildman–Crippen LogP) is 4.14. The number of thiazole rings is 1. The van der Waals surface area contributed by atoms with Crippen molar-refractivity contribution in [3.8, 4) is 11.3 Å². The second-order valence-electron chi connectivity index (χ2n) is 6.49. The van der Waals surface area contributed by atoms with Crippen LogP contribution in [0.15, 0.2) is 30.3 Å². The molecule has 1 aromatic heterocycles. The summed E-state index contributed by atoms with van der Waals surface area (Å²) in [6, 6.07) is 10.7. The van der Waals surface area contributed by atoms with Crippen LogP contribution in [0.4, 0.5) is 5.13 Å². The van der Waals surface area contributed by atoms with Gasteiger partial charge in [0.15, 0.2) is 5.13 Å². The molecule has 3 nitrogen and oxygen atoms in total. The van der Waals surface area contributed by atoms with Gasteiger partial charge >= 0.3 is 0 Å². The van der Waals surface area contributed by atoms with Gasteiger partial charge in [-0.2, -0.15) is 0 Å². The molecule has 2 N–H and O–H groups in total. The van der Waals surface area contributed by atoms with Crippen molar-refractivity contribution in [3.63, 3.8) is 0 Å². The molecule has 0 fully saturated rings. The Bertz CT molecular complexity index is 584. The molecule has 0 aliphatic rings. The number of rotatable bonds is 4. The number of hydrogen-bond donors (Lipinski definition) is 1. The zero-order chi connectivity index (χ0) is 15.6. The van der Waals surface area contributed by atoms with E-state index in [1.807, 2.05) is 18.2 Å². The molecule has 0 aliphatic heterocycles. The van der Waals surface area contributed by atoms with Gasteiger partial charge in [-0.1, -0.05) is 62.4 Å². The fraction of sp³-hybridized carbons (Fsp3) is 0.471. The highest BCUT2D eigenvalue weighted by Gasteiger charge is 2.26. The highest BCUT2D eigenvalue weighted by atomic mass is 32.1. The standard InChI is InChI=1S/C17H25N3S/c1-12(17(2,3)4)20(5)16-19-15(14(11-18)21-16)13-9-7-6-8-10-13/h6-10,12H,11,18H2,1-5H3. The summed E-state index contributed by atoms with van der Waals surface area (Å²) >= 11 is 1.70. The molecule has 1 aromatic carbocycles. The third-order valence-corrected chi connectivity index (χ3v) is 5.22. The molecule has 0 saturated carbocycles. The van der Waals surface area contributed by atoms with Crippen LogP contribution in [0.2, 0.25) is 0 Å². The Kier molecular flexibility index (Phi) is 4.69. The molecule has 1 atom stereocenters. The van der Waals surface area contributed by atoms with Crippen LogP contribution >= 0.6 is 11.3 Å². The van der Waals surface area contributed by atoms with Crippen LogP contribution in [0.1, 0.15) is 32.6 Å². The Morgan fingerprint density at radius 3 is 2.38 bits per heavy atom. The average Bonchev–Trinajstić information content (AvgIpc) is 2.90. The minimum absolute atomic E-state index is 0.205. The van der Waals surface area contributed by atoms with Gasteiger partial charge in [-0.15, -0.1) is 0 Å². The molecule has 0 spiro atoms. The van der Waals surface area contributed by atoms with Crippen molar-refractivity contribution in [3.05, 3.63) is 35.2 Å². The van der Waals surface area contributed by atoms with Crippen LogP contribution < -0.4 is 10.6 Å². The Balaban J connectivity index is 2.38. The van der Waals surface area contributed by atoms with Crippen molar-refractivity contribution in [2.45, 2.75) is 40.3 Å². The summed E-state index contributed by atoms with van der Waals surface area (Å²) in [5.41, 5.74) is 8.28. The maximum Gasteiger partial charge on any atom is 0.186 e. The van der Waals surface area contributed by atoms with Crippen LogP contribution in [-0.4, -0.2) is 18.1 Å². The van der Waals surface area contributed by atoms with E-state index in [1.165, 1.54) is 0 Å². The van der Waals surface area contributed by atoms with E-state index in [0.29, 0.717) is 12.6 Å². The molecule has 21 heavy (non-hydrogen) atoms. The molecule has 0 bridgehead atoms. The molecular weight excluding hydrogens is 278 g/mol. The minimum Gasteiger partial charge on any atom is -0.348 e. The molecule has 1 unspecified atom stereocenters. The summed E-state index contributed by atoms with van der Waals surface area (Å²) in [7, 11) is 2.11. The lowest BCUT2D eigenvalue weighted by Gasteiger charge is -2.35. The number of benzene rings is 1. The first-order chi connectivity index (χ1) is 9.84. The summed E-state index contributed by atoms with van der Waals surface area (Å²) < 4.78 is 0. The van der Waals surface area contributed by atoms with Crippen molar-refractivity contribution in [2.75, 3.05) is 11.9 Å². The average molecular weight is 303 g/mol. The zero-order valence-electron chi connectivity index (χ0n) is 13.6. The van der Waals surface area contributed by atoms with Gasteiger partial charge in [0, 0.05) is 30.1 Å². The van der Waals surface area contributed by atoms with E-state index in [9.17, 15) is 0 Å². The van der Waals surface area contributed by atoms with Crippen LogP contribution in [0.3, 0.4) is 0 Å². The normalized spacial score (nSPS) is 13.2. The molecule has 0 amide bonds. The first kappa shape index (κ1) is 16.0. The van der Waals surface area contributed by atoms with Crippen LogP contribution in [0.25, 0.3) is 11.3 Å². The van der Waals surface area contributed by atoms with Gasteiger partial charge < -0.3 is 10.6 Å². The van der Waals surface area contributed by atoms with E-state index in [-0.39, 0.29) is 5.41 Å². The monoisotopic (exact) mass is 303 g/mol. The zero-order valence-corrected chi connectivity index (χ0v) is 14.4. The quantitative estimate of drug-likeness (QED) is 0.923. The van der Waals surface area contributed by atoms with Crippen molar-refractivity contribution in [1.29, 1.82) is 0 Å². The summed E-state index contributed by atoms with van der Waals surface area (Å²) in [6.45, 7) is 9.53. The minimum atomic E-state index is 0.205. The largest absolute Gasteiger partial charge is 0.348 e. The lowest BCUT2D eigenvalue weighted by molar-refractivity contribution is 0.329. The fourth-order valence-corrected chi connectivity index (χ4v) is 3.20. The highest BCUT2D eigenvalue weighted by molar-refractivity contribution is 7.16. The first-order valence-electron chi connectivity index (χ1n) is 7.32. The maximum atomic E-state index is 5.92. The van der Waals surface area contributed by atoms with Gasteiger partial charge in [0.1, 0.15) is 0 Å². The van der Waals surface area contributed by atoms with Gasteiger partial charge in [-0.25, -0.2) is 4.98 Å². The van der Waals surface area contributed by atoms with E-state index in [2.05, 4.69) is 51.8 Å². The van der Waals surface area contributed by atoms with Crippen LogP contribution in [-0.2, 0) is 6.54 Å². The number of nitrogens with two attached hydrogens (primary N) is 1. The van der Waals surface area contributed by atoms with E-state index in [4.69, 9.17) is 10.7 Å². The molecule has 2 aromatic rings. The van der Waals surface area contributed by atoms with E-state index in [0.717, 1.165) is 21.3 Å².